The molecular formula is C15H18BrN3OS. The van der Waals surface area contributed by atoms with E-state index < -0.39 is 6.04 Å². The van der Waals surface area contributed by atoms with Gasteiger partial charge in [-0.3, -0.25) is 4.79 Å². The Morgan fingerprint density at radius 2 is 2.05 bits per heavy atom. The number of rotatable bonds is 5. The second kappa shape index (κ2) is 7.15. The van der Waals surface area contributed by atoms with E-state index in [1.54, 1.807) is 6.20 Å². The van der Waals surface area contributed by atoms with Crippen molar-refractivity contribution < 1.29 is 4.79 Å². The number of anilines is 1. The van der Waals surface area contributed by atoms with Crippen molar-refractivity contribution in [1.82, 2.24) is 4.98 Å². The molecule has 0 fully saturated rings. The summed E-state index contributed by atoms with van der Waals surface area (Å²) < 4.78 is 1.06. The average molecular weight is 368 g/mol. The van der Waals surface area contributed by atoms with Gasteiger partial charge in [-0.2, -0.15) is 0 Å². The zero-order chi connectivity index (χ0) is 15.4. The molecule has 0 unspecified atom stereocenters. The minimum atomic E-state index is -0.510. The average Bonchev–Trinajstić information content (AvgIpc) is 2.87. The molecule has 1 heterocycles. The van der Waals surface area contributed by atoms with E-state index in [1.165, 1.54) is 16.9 Å². The van der Waals surface area contributed by atoms with Crippen LogP contribution in [-0.2, 0) is 11.2 Å². The van der Waals surface area contributed by atoms with Gasteiger partial charge in [0.15, 0.2) is 5.13 Å². The summed E-state index contributed by atoms with van der Waals surface area (Å²) in [5.74, 6) is -0.0817. The van der Waals surface area contributed by atoms with Crippen LogP contribution in [0.3, 0.4) is 0 Å². The van der Waals surface area contributed by atoms with Gasteiger partial charge in [0.2, 0.25) is 5.91 Å². The topological polar surface area (TPSA) is 68.0 Å². The van der Waals surface area contributed by atoms with Gasteiger partial charge < -0.3 is 11.1 Å². The quantitative estimate of drug-likeness (QED) is 0.850. The summed E-state index contributed by atoms with van der Waals surface area (Å²) in [5.41, 5.74) is 7.02. The molecule has 1 atom stereocenters. The van der Waals surface area contributed by atoms with Crippen LogP contribution in [0.5, 0.6) is 0 Å². The molecule has 21 heavy (non-hydrogen) atoms. The van der Waals surface area contributed by atoms with Gasteiger partial charge in [0, 0.05) is 22.0 Å². The smallest absolute Gasteiger partial charge is 0.243 e. The van der Waals surface area contributed by atoms with Crippen LogP contribution in [0.2, 0.25) is 0 Å². The van der Waals surface area contributed by atoms with Gasteiger partial charge in [0.05, 0.1) is 6.04 Å². The molecule has 0 saturated carbocycles. The Morgan fingerprint density at radius 3 is 2.67 bits per heavy atom. The number of amides is 1. The standard InChI is InChI=1S/C15H18BrN3OS/c1-9(2)13(17)14(20)19-15-18-8-12(21-15)7-10-3-5-11(16)6-4-10/h3-6,8-9,13H,7,17H2,1-2H3,(H,18,19,20)/t13-/m0/s1. The van der Waals surface area contributed by atoms with Crippen LogP contribution in [0.4, 0.5) is 5.13 Å². The first-order valence-corrected chi connectivity index (χ1v) is 8.32. The van der Waals surface area contributed by atoms with Gasteiger partial charge in [0.25, 0.3) is 0 Å². The first-order valence-electron chi connectivity index (χ1n) is 6.71. The lowest BCUT2D eigenvalue weighted by atomic mass is 10.1. The number of hydrogen-bond donors (Lipinski definition) is 2. The summed E-state index contributed by atoms with van der Waals surface area (Å²) in [7, 11) is 0. The third kappa shape index (κ3) is 4.62. The molecule has 0 saturated heterocycles. The number of hydrogen-bond acceptors (Lipinski definition) is 4. The van der Waals surface area contributed by atoms with E-state index in [0.717, 1.165) is 15.8 Å². The van der Waals surface area contributed by atoms with Crippen LogP contribution in [0.25, 0.3) is 0 Å². The maximum atomic E-state index is 11.9. The third-order valence-corrected chi connectivity index (χ3v) is 4.54. The third-order valence-electron chi connectivity index (χ3n) is 3.10. The fourth-order valence-electron chi connectivity index (χ4n) is 1.74. The number of thiazole rings is 1. The lowest BCUT2D eigenvalue weighted by molar-refractivity contribution is -0.118. The molecule has 3 N–H and O–H groups in total. The minimum absolute atomic E-state index is 0.104. The SMILES string of the molecule is CC(C)[C@H](N)C(=O)Nc1ncc(Cc2ccc(Br)cc2)s1. The zero-order valence-corrected chi connectivity index (χ0v) is 14.4. The number of nitrogens with two attached hydrogens (primary N) is 1. The highest BCUT2D eigenvalue weighted by atomic mass is 79.9. The predicted molar refractivity (Wildman–Crippen MR) is 90.5 cm³/mol. The lowest BCUT2D eigenvalue weighted by Gasteiger charge is -2.13. The summed E-state index contributed by atoms with van der Waals surface area (Å²) in [5, 5.41) is 3.37. The van der Waals surface area contributed by atoms with Crippen molar-refractivity contribution in [1.29, 1.82) is 0 Å². The minimum Gasteiger partial charge on any atom is -0.320 e. The van der Waals surface area contributed by atoms with Gasteiger partial charge >= 0.3 is 0 Å². The van der Waals surface area contributed by atoms with Crippen molar-refractivity contribution in [2.24, 2.45) is 11.7 Å². The highest BCUT2D eigenvalue weighted by molar-refractivity contribution is 9.10. The number of carbonyl (C=O) groups excluding carboxylic acids is 1. The number of carbonyl (C=O) groups is 1. The number of benzene rings is 1. The maximum absolute atomic E-state index is 11.9. The van der Waals surface area contributed by atoms with Crippen molar-refractivity contribution >= 4 is 38.3 Å². The van der Waals surface area contributed by atoms with Crippen LogP contribution in [0.15, 0.2) is 34.9 Å². The molecule has 0 aliphatic carbocycles. The highest BCUT2D eigenvalue weighted by Gasteiger charge is 2.18. The Labute approximate surface area is 136 Å². The first kappa shape index (κ1) is 16.1. The molecule has 2 aromatic rings. The van der Waals surface area contributed by atoms with Gasteiger partial charge in [-0.25, -0.2) is 4.98 Å². The van der Waals surface area contributed by atoms with Crippen LogP contribution in [-0.4, -0.2) is 16.9 Å². The fourth-order valence-corrected chi connectivity index (χ4v) is 2.86. The largest absolute Gasteiger partial charge is 0.320 e. The molecular weight excluding hydrogens is 350 g/mol. The van der Waals surface area contributed by atoms with E-state index in [4.69, 9.17) is 5.73 Å². The molecule has 1 aromatic heterocycles. The summed E-state index contributed by atoms with van der Waals surface area (Å²) >= 11 is 4.90. The molecule has 1 aromatic carbocycles. The monoisotopic (exact) mass is 367 g/mol. The number of nitrogens with one attached hydrogen (secondary N) is 1. The van der Waals surface area contributed by atoms with Crippen LogP contribution < -0.4 is 11.1 Å². The normalized spacial score (nSPS) is 12.4. The van der Waals surface area contributed by atoms with E-state index in [1.807, 2.05) is 26.0 Å². The summed E-state index contributed by atoms with van der Waals surface area (Å²) in [4.78, 5) is 17.2. The number of halogens is 1. The Bertz CT molecular complexity index is 610. The molecule has 112 valence electrons. The van der Waals surface area contributed by atoms with E-state index in [0.29, 0.717) is 5.13 Å². The molecule has 6 heteroatoms. The molecule has 0 spiro atoms. The fraction of sp³-hybridized carbons (Fsp3) is 0.333. The Morgan fingerprint density at radius 1 is 1.38 bits per heavy atom. The van der Waals surface area contributed by atoms with Crippen LogP contribution in [0.1, 0.15) is 24.3 Å². The Kier molecular flexibility index (Phi) is 5.50. The van der Waals surface area contributed by atoms with Crippen LogP contribution in [0, 0.1) is 5.92 Å². The van der Waals surface area contributed by atoms with Crippen molar-refractivity contribution in [3.05, 3.63) is 45.4 Å². The van der Waals surface area contributed by atoms with Crippen LogP contribution >= 0.6 is 27.3 Å². The summed E-state index contributed by atoms with van der Waals surface area (Å²) in [6, 6.07) is 7.65. The van der Waals surface area contributed by atoms with E-state index in [2.05, 4.69) is 38.4 Å². The second-order valence-corrected chi connectivity index (χ2v) is 7.22. The van der Waals surface area contributed by atoms with E-state index in [-0.39, 0.29) is 11.8 Å². The zero-order valence-electron chi connectivity index (χ0n) is 12.0. The second-order valence-electron chi connectivity index (χ2n) is 5.19. The lowest BCUT2D eigenvalue weighted by Crippen LogP contribution is -2.39. The van der Waals surface area contributed by atoms with Gasteiger partial charge in [-0.15, -0.1) is 11.3 Å². The number of nitrogens with zero attached hydrogens (tertiary/aromatic N) is 1. The van der Waals surface area contributed by atoms with E-state index >= 15 is 0 Å². The van der Waals surface area contributed by atoms with Gasteiger partial charge in [-0.05, 0) is 23.6 Å². The molecule has 0 radical (unpaired) electrons. The van der Waals surface area contributed by atoms with Gasteiger partial charge in [-0.1, -0.05) is 41.9 Å². The molecule has 4 nitrogen and oxygen atoms in total. The van der Waals surface area contributed by atoms with Crippen molar-refractivity contribution in [3.8, 4) is 0 Å². The maximum Gasteiger partial charge on any atom is 0.243 e. The van der Waals surface area contributed by atoms with Crippen molar-refractivity contribution in [2.75, 3.05) is 5.32 Å². The summed E-state index contributed by atoms with van der Waals surface area (Å²) in [6.45, 7) is 3.84. The molecule has 0 aliphatic rings. The first-order chi connectivity index (χ1) is 9.95. The van der Waals surface area contributed by atoms with Crippen molar-refractivity contribution in [3.63, 3.8) is 0 Å². The summed E-state index contributed by atoms with van der Waals surface area (Å²) in [6.07, 6.45) is 2.60. The predicted octanol–water partition coefficient (Wildman–Crippen LogP) is 3.42. The molecule has 2 rings (SSSR count). The molecule has 1 amide bonds. The highest BCUT2D eigenvalue weighted by Crippen LogP contribution is 2.22. The Hall–Kier alpha value is -1.24. The number of aromatic nitrogens is 1. The molecule has 0 aliphatic heterocycles. The van der Waals surface area contributed by atoms with Gasteiger partial charge in [0.1, 0.15) is 0 Å². The van der Waals surface area contributed by atoms with Crippen molar-refractivity contribution in [2.45, 2.75) is 26.3 Å². The molecule has 0 bridgehead atoms. The van der Waals surface area contributed by atoms with E-state index in [9.17, 15) is 4.79 Å². The Balaban J connectivity index is 1.98.